The Labute approximate surface area is 291 Å². The van der Waals surface area contributed by atoms with Crippen LogP contribution in [0.15, 0.2) is 162 Å². The molecule has 0 N–H and O–H groups in total. The van der Waals surface area contributed by atoms with Crippen LogP contribution in [0.5, 0.6) is 0 Å². The molecule has 0 saturated heterocycles. The van der Waals surface area contributed by atoms with E-state index in [1.54, 1.807) is 11.3 Å². The Hall–Kier alpha value is -6.50. The van der Waals surface area contributed by atoms with E-state index in [-0.39, 0.29) is 0 Å². The summed E-state index contributed by atoms with van der Waals surface area (Å²) in [5, 5.41) is 4.45. The molecule has 234 valence electrons. The fraction of sp³-hybridized carbons (Fsp3) is 0. The van der Waals surface area contributed by atoms with Gasteiger partial charge in [-0.2, -0.15) is 0 Å². The van der Waals surface area contributed by atoms with Gasteiger partial charge in [-0.05, 0) is 46.7 Å². The molecule has 0 spiro atoms. The fourth-order valence-electron chi connectivity index (χ4n) is 6.77. The first-order chi connectivity index (χ1) is 24.8. The number of nitrogens with zero attached hydrogens (tertiary/aromatic N) is 4. The Balaban J connectivity index is 1.16. The quantitative estimate of drug-likeness (QED) is 0.184. The normalized spacial score (nSPS) is 11.6. The zero-order chi connectivity index (χ0) is 33.0. The predicted molar refractivity (Wildman–Crippen MR) is 205 cm³/mol. The molecule has 0 bridgehead atoms. The van der Waals surface area contributed by atoms with Gasteiger partial charge in [-0.1, -0.05) is 127 Å². The molecule has 7 aromatic carbocycles. The maximum atomic E-state index is 6.52. The van der Waals surface area contributed by atoms with Gasteiger partial charge in [0, 0.05) is 48.0 Å². The van der Waals surface area contributed by atoms with E-state index in [1.807, 2.05) is 91.0 Å². The average Bonchev–Trinajstić information content (AvgIpc) is 3.80. The molecular weight excluding hydrogens is 633 g/mol. The molecule has 0 aliphatic heterocycles. The van der Waals surface area contributed by atoms with Gasteiger partial charge in [-0.3, -0.25) is 0 Å². The number of fused-ring (bicyclic) bond motifs is 6. The summed E-state index contributed by atoms with van der Waals surface area (Å²) in [6, 6.07) is 54.0. The molecule has 10 aromatic rings. The summed E-state index contributed by atoms with van der Waals surface area (Å²) in [6.45, 7) is 0. The minimum Gasteiger partial charge on any atom is -0.435 e. The molecule has 6 heteroatoms. The first-order valence-corrected chi connectivity index (χ1v) is 17.3. The van der Waals surface area contributed by atoms with E-state index in [2.05, 4.69) is 66.7 Å². The SMILES string of the molecule is c1ccc(-c2nc(-c3ccccc3)nc(-c3cccc4cc(-c5cc6nc(-c7ccccc7)oc6c6c5sc5ccccc56)ccc34)n2)cc1. The second-order valence-electron chi connectivity index (χ2n) is 12.2. The van der Waals surface area contributed by atoms with Crippen molar-refractivity contribution in [2.24, 2.45) is 0 Å². The third-order valence-corrected chi connectivity index (χ3v) is 10.4. The predicted octanol–water partition coefficient (Wildman–Crippen LogP) is 11.9. The summed E-state index contributed by atoms with van der Waals surface area (Å²) in [5.74, 6) is 2.55. The van der Waals surface area contributed by atoms with Gasteiger partial charge < -0.3 is 4.42 Å². The smallest absolute Gasteiger partial charge is 0.227 e. The molecule has 3 aromatic heterocycles. The summed E-state index contributed by atoms with van der Waals surface area (Å²) in [5.41, 5.74) is 7.72. The van der Waals surface area contributed by atoms with E-state index in [9.17, 15) is 0 Å². The maximum absolute atomic E-state index is 6.52. The second-order valence-corrected chi connectivity index (χ2v) is 13.3. The van der Waals surface area contributed by atoms with E-state index in [0.717, 1.165) is 60.6 Å². The molecule has 0 unspecified atom stereocenters. The molecule has 3 heterocycles. The Morgan fingerprint density at radius 1 is 0.440 bits per heavy atom. The van der Waals surface area contributed by atoms with Crippen LogP contribution in [-0.2, 0) is 0 Å². The number of hydrogen-bond donors (Lipinski definition) is 0. The van der Waals surface area contributed by atoms with E-state index in [1.165, 1.54) is 14.8 Å². The Morgan fingerprint density at radius 3 is 1.80 bits per heavy atom. The Kier molecular flexibility index (Phi) is 6.60. The summed E-state index contributed by atoms with van der Waals surface area (Å²) in [6.07, 6.45) is 0. The first kappa shape index (κ1) is 28.5. The van der Waals surface area contributed by atoms with E-state index < -0.39 is 0 Å². The topological polar surface area (TPSA) is 64.7 Å². The minimum absolute atomic E-state index is 0.625. The van der Waals surface area contributed by atoms with Gasteiger partial charge in [-0.15, -0.1) is 11.3 Å². The van der Waals surface area contributed by atoms with Gasteiger partial charge in [0.1, 0.15) is 5.52 Å². The van der Waals surface area contributed by atoms with Crippen molar-refractivity contribution in [3.8, 4) is 56.7 Å². The molecule has 0 fully saturated rings. The lowest BCUT2D eigenvalue weighted by molar-refractivity contribution is 0.623. The van der Waals surface area contributed by atoms with Crippen LogP contribution in [0, 0.1) is 0 Å². The first-order valence-electron chi connectivity index (χ1n) is 16.5. The van der Waals surface area contributed by atoms with Gasteiger partial charge in [0.2, 0.25) is 5.89 Å². The van der Waals surface area contributed by atoms with Crippen molar-refractivity contribution in [2.45, 2.75) is 0 Å². The van der Waals surface area contributed by atoms with Crippen molar-refractivity contribution in [3.05, 3.63) is 158 Å². The highest BCUT2D eigenvalue weighted by Crippen LogP contribution is 2.45. The fourth-order valence-corrected chi connectivity index (χ4v) is 8.00. The van der Waals surface area contributed by atoms with Crippen LogP contribution in [0.25, 0.3) is 98.8 Å². The largest absolute Gasteiger partial charge is 0.435 e. The van der Waals surface area contributed by atoms with Gasteiger partial charge in [-0.25, -0.2) is 19.9 Å². The van der Waals surface area contributed by atoms with Crippen molar-refractivity contribution in [1.82, 2.24) is 19.9 Å². The van der Waals surface area contributed by atoms with Gasteiger partial charge in [0.15, 0.2) is 23.1 Å². The number of aromatic nitrogens is 4. The van der Waals surface area contributed by atoms with Crippen molar-refractivity contribution < 1.29 is 4.42 Å². The van der Waals surface area contributed by atoms with Gasteiger partial charge >= 0.3 is 0 Å². The molecule has 10 rings (SSSR count). The van der Waals surface area contributed by atoms with Crippen LogP contribution in [0.1, 0.15) is 0 Å². The Bertz CT molecular complexity index is 2810. The summed E-state index contributed by atoms with van der Waals surface area (Å²) < 4.78 is 8.92. The molecule has 0 aliphatic rings. The molecule has 0 radical (unpaired) electrons. The van der Waals surface area contributed by atoms with Gasteiger partial charge in [0.25, 0.3) is 0 Å². The molecule has 5 nitrogen and oxygen atoms in total. The van der Waals surface area contributed by atoms with Crippen molar-refractivity contribution in [3.63, 3.8) is 0 Å². The highest BCUT2D eigenvalue weighted by molar-refractivity contribution is 7.26. The third-order valence-electron chi connectivity index (χ3n) is 9.15. The van der Waals surface area contributed by atoms with Crippen molar-refractivity contribution >= 4 is 53.4 Å². The second kappa shape index (κ2) is 11.6. The lowest BCUT2D eigenvalue weighted by Crippen LogP contribution is -2.00. The maximum Gasteiger partial charge on any atom is 0.227 e. The number of thiophene rings is 1. The number of hydrogen-bond acceptors (Lipinski definition) is 6. The molecule has 0 amide bonds. The van der Waals surface area contributed by atoms with E-state index >= 15 is 0 Å². The number of benzene rings is 7. The monoisotopic (exact) mass is 658 g/mol. The molecule has 0 aliphatic carbocycles. The average molecular weight is 659 g/mol. The Morgan fingerprint density at radius 2 is 1.08 bits per heavy atom. The third kappa shape index (κ3) is 4.77. The number of oxazole rings is 1. The minimum atomic E-state index is 0.625. The van der Waals surface area contributed by atoms with E-state index in [4.69, 9.17) is 24.4 Å². The molecule has 0 atom stereocenters. The van der Waals surface area contributed by atoms with Crippen LogP contribution in [0.2, 0.25) is 0 Å². The molecule has 0 saturated carbocycles. The summed E-state index contributed by atoms with van der Waals surface area (Å²) in [4.78, 5) is 19.9. The lowest BCUT2D eigenvalue weighted by Gasteiger charge is -2.11. The van der Waals surface area contributed by atoms with Crippen LogP contribution in [-0.4, -0.2) is 19.9 Å². The van der Waals surface area contributed by atoms with Crippen molar-refractivity contribution in [1.29, 1.82) is 0 Å². The van der Waals surface area contributed by atoms with Crippen LogP contribution >= 0.6 is 11.3 Å². The zero-order valence-corrected chi connectivity index (χ0v) is 27.4. The zero-order valence-electron chi connectivity index (χ0n) is 26.6. The highest BCUT2D eigenvalue weighted by atomic mass is 32.1. The summed E-state index contributed by atoms with van der Waals surface area (Å²) in [7, 11) is 0. The molecular formula is C44H26N4OS. The molecule has 50 heavy (non-hydrogen) atoms. The number of rotatable bonds is 5. The van der Waals surface area contributed by atoms with E-state index in [0.29, 0.717) is 23.4 Å². The van der Waals surface area contributed by atoms with Crippen LogP contribution in [0.3, 0.4) is 0 Å². The van der Waals surface area contributed by atoms with Gasteiger partial charge in [0.05, 0.1) is 0 Å². The van der Waals surface area contributed by atoms with Crippen LogP contribution in [0.4, 0.5) is 0 Å². The summed E-state index contributed by atoms with van der Waals surface area (Å²) >= 11 is 1.79. The standard InChI is InChI=1S/C44H26N4OS/c1-4-13-27(14-5-1)41-46-42(28-15-6-2-7-16-28)48-43(47-41)33-21-12-19-30-25-31(23-24-32(30)33)35-26-36-39(49-44(45-36)29-17-8-3-9-18-29)38-34-20-10-11-22-37(34)50-40(35)38/h1-26H. The highest BCUT2D eigenvalue weighted by Gasteiger charge is 2.20. The van der Waals surface area contributed by atoms with Crippen molar-refractivity contribution in [2.75, 3.05) is 0 Å². The lowest BCUT2D eigenvalue weighted by atomic mass is 9.96. The van der Waals surface area contributed by atoms with Crippen LogP contribution < -0.4 is 0 Å².